The van der Waals surface area contributed by atoms with Crippen LogP contribution in [0.4, 0.5) is 4.79 Å². The quantitative estimate of drug-likeness (QED) is 0.0132. The van der Waals surface area contributed by atoms with Gasteiger partial charge in [-0.05, 0) is 89.9 Å². The van der Waals surface area contributed by atoms with E-state index in [0.29, 0.717) is 45.3 Å². The van der Waals surface area contributed by atoms with Crippen molar-refractivity contribution in [1.82, 2.24) is 88.7 Å². The van der Waals surface area contributed by atoms with Gasteiger partial charge in [-0.2, -0.15) is 11.8 Å². The number of nitrogens with one attached hydrogen (secondary N) is 13. The first-order valence-electron chi connectivity index (χ1n) is 48.7. The van der Waals surface area contributed by atoms with Gasteiger partial charge < -0.3 is 124 Å². The molecule has 2 fully saturated rings. The van der Waals surface area contributed by atoms with Crippen molar-refractivity contribution in [2.24, 2.45) is 0 Å². The minimum Gasteiger partial charge on any atom is -0.480 e. The molecule has 0 aliphatic carbocycles. The third-order valence-corrected chi connectivity index (χ3v) is 24.1. The third-order valence-electron chi connectivity index (χ3n) is 21.6. The maximum absolute atomic E-state index is 13.0. The number of unbranched alkanes of at least 4 members (excludes halogenated alkanes) is 24. The van der Waals surface area contributed by atoms with E-state index in [1.54, 1.807) is 11.8 Å². The number of amides is 17. The number of urea groups is 1. The maximum Gasteiger partial charge on any atom is 0.472 e. The summed E-state index contributed by atoms with van der Waals surface area (Å²) in [4.78, 5) is 287. The second-order valence-corrected chi connectivity index (χ2v) is 36.7. The number of carboxylic acids is 4. The van der Waals surface area contributed by atoms with Crippen molar-refractivity contribution in [1.29, 1.82) is 0 Å². The van der Waals surface area contributed by atoms with Crippen LogP contribution in [-0.2, 0) is 124 Å². The van der Waals surface area contributed by atoms with Crippen LogP contribution in [0, 0.1) is 0 Å². The first kappa shape index (κ1) is 126. The van der Waals surface area contributed by atoms with Crippen molar-refractivity contribution >= 4 is 150 Å². The predicted octanol–water partition coefficient (Wildman–Crippen LogP) is 0.867. The third kappa shape index (κ3) is 67.5. The topological polar surface area (TPSA) is 700 Å². The number of allylic oxidation sites excluding steroid dienone is 4. The standard InChI is InChI=1S/C91H150N17O32PS/c1-3-5-7-9-11-13-15-17-19-21-23-25-27-29-31-41-88(132)137-63-66(140-89(133)42-32-30-28-26-24-22-20-18-16-14-12-10-8-6-4-2)64-139-141(135,136)138-46-45-94-69(109)38-35-36-40-71(111)96-48-73(113)100-54-83(123)108(62-87(130)131)58-79(119)98-50-75(115)102-52-81(121)106(60-85(126)127)56-77(117)93-44-43-92-76(116)55-105(59-84(124)125)80(120)51-101-74(114)49-97-78(118)57-107(61-86(128)129)82(122)53-99-72(112)47-95-70(110)39-34-33-37-68-90-67(65-142-68)103-91(134)104-90/h17-20,66-68,90H,3-16,21-65H2,1-2H3,(H,92,116)(H,93,117)(H,94,109)(H,95,110)(H,96,111)(H,97,118)(H,98,119)(H,99,112)(H,100,113)(H,101,114)(H,102,115)(H,124,125)(H,126,127)(H,128,129)(H,130,131)(H,135,136)(H2,103,104,134)/b19-17+,20-18+/t66?,67-,68-,90-/m0/s1. The predicted molar refractivity (Wildman–Crippen MR) is 514 cm³/mol. The number of ether oxygens (including phenoxy) is 2. The van der Waals surface area contributed by atoms with Gasteiger partial charge in [0.05, 0.1) is 77.7 Å². The van der Waals surface area contributed by atoms with Gasteiger partial charge in [0.25, 0.3) is 0 Å². The van der Waals surface area contributed by atoms with Crippen LogP contribution in [0.2, 0.25) is 0 Å². The van der Waals surface area contributed by atoms with Gasteiger partial charge in [-0.1, -0.05) is 147 Å². The molecule has 17 amide bonds. The first-order chi connectivity index (χ1) is 67.9. The van der Waals surface area contributed by atoms with E-state index in [4.69, 9.17) is 18.5 Å². The summed E-state index contributed by atoms with van der Waals surface area (Å²) in [5.74, 6) is -20.8. The molecular formula is C91H150N17O32PS. The smallest absolute Gasteiger partial charge is 0.472 e. The van der Waals surface area contributed by atoms with Gasteiger partial charge in [-0.3, -0.25) is 110 Å². The van der Waals surface area contributed by atoms with Crippen LogP contribution in [-0.4, -0.2) is 349 Å². The molecule has 2 rings (SSSR count). The summed E-state index contributed by atoms with van der Waals surface area (Å²) < 4.78 is 34.1. The van der Waals surface area contributed by atoms with Crippen LogP contribution in [0.5, 0.6) is 0 Å². The highest BCUT2D eigenvalue weighted by atomic mass is 32.2. The molecule has 5 atom stereocenters. The Bertz CT molecular complexity index is 4130. The van der Waals surface area contributed by atoms with Gasteiger partial charge in [0.2, 0.25) is 88.6 Å². The van der Waals surface area contributed by atoms with Crippen molar-refractivity contribution in [3.8, 4) is 0 Å². The average molecular weight is 2060 g/mol. The Hall–Kier alpha value is -11.9. The van der Waals surface area contributed by atoms with E-state index in [0.717, 1.165) is 89.2 Å². The molecular weight excluding hydrogens is 1910 g/mol. The van der Waals surface area contributed by atoms with E-state index in [1.165, 1.54) is 77.0 Å². The Morgan fingerprint density at radius 3 is 1.04 bits per heavy atom. The zero-order chi connectivity index (χ0) is 105. The van der Waals surface area contributed by atoms with Gasteiger partial charge in [0.15, 0.2) is 6.10 Å². The molecule has 2 unspecified atom stereocenters. The van der Waals surface area contributed by atoms with Crippen LogP contribution in [0.25, 0.3) is 0 Å². The molecule has 0 aromatic rings. The number of phosphoric acid groups is 1. The summed E-state index contributed by atoms with van der Waals surface area (Å²) in [6, 6.07) is -0.144. The van der Waals surface area contributed by atoms with Crippen molar-refractivity contribution in [3.05, 3.63) is 24.3 Å². The number of carbonyl (C=O) groups excluding carboxylic acids is 18. The Kier molecular flexibility index (Phi) is 69.0. The Balaban J connectivity index is 1.72. The number of carboxylic acid groups (broad SMARTS) is 4. The lowest BCUT2D eigenvalue weighted by Crippen LogP contribution is -2.50. The van der Waals surface area contributed by atoms with E-state index in [9.17, 15) is 135 Å². The number of carbonyl (C=O) groups is 22. The minimum atomic E-state index is -4.80. The lowest BCUT2D eigenvalue weighted by atomic mass is 10.0. The molecule has 18 N–H and O–H groups in total. The van der Waals surface area contributed by atoms with Crippen LogP contribution in [0.15, 0.2) is 24.3 Å². The number of hydrogen-bond acceptors (Lipinski definition) is 28. The van der Waals surface area contributed by atoms with Crippen molar-refractivity contribution in [2.45, 2.75) is 268 Å². The fourth-order valence-electron chi connectivity index (χ4n) is 14.0. The summed E-state index contributed by atoms with van der Waals surface area (Å²) in [6.45, 7) is -12.7. The van der Waals surface area contributed by atoms with Crippen LogP contribution in [0.1, 0.15) is 245 Å². The summed E-state index contributed by atoms with van der Waals surface area (Å²) >= 11 is 1.73. The molecule has 142 heavy (non-hydrogen) atoms. The molecule has 0 radical (unpaired) electrons. The van der Waals surface area contributed by atoms with Crippen molar-refractivity contribution < 1.29 is 154 Å². The molecule has 2 heterocycles. The lowest BCUT2D eigenvalue weighted by Gasteiger charge is -2.22. The molecule has 0 bridgehead atoms. The highest BCUT2D eigenvalue weighted by Crippen LogP contribution is 2.43. The lowest BCUT2D eigenvalue weighted by molar-refractivity contribution is -0.161. The van der Waals surface area contributed by atoms with Gasteiger partial charge in [-0.25, -0.2) is 9.36 Å². The largest absolute Gasteiger partial charge is 0.480 e. The average Bonchev–Trinajstić information content (AvgIpc) is 1.66. The molecule has 2 saturated heterocycles. The van der Waals surface area contributed by atoms with E-state index >= 15 is 0 Å². The highest BCUT2D eigenvalue weighted by Gasteiger charge is 2.43. The van der Waals surface area contributed by atoms with Crippen LogP contribution < -0.4 is 69.1 Å². The van der Waals surface area contributed by atoms with Crippen molar-refractivity contribution in [3.63, 3.8) is 0 Å². The maximum atomic E-state index is 13.0. The summed E-state index contributed by atoms with van der Waals surface area (Å²) in [5, 5.41) is 68.1. The molecule has 51 heteroatoms. The zero-order valence-electron chi connectivity index (χ0n) is 81.7. The van der Waals surface area contributed by atoms with Crippen LogP contribution in [0.3, 0.4) is 0 Å². The van der Waals surface area contributed by atoms with E-state index in [-0.39, 0.29) is 74.9 Å². The zero-order valence-corrected chi connectivity index (χ0v) is 83.5. The van der Waals surface area contributed by atoms with Crippen molar-refractivity contribution in [2.75, 3.05) is 150 Å². The number of nitrogens with zero attached hydrogens (tertiary/aromatic N) is 4. The number of thioether (sulfide) groups is 1. The number of hydrogen-bond donors (Lipinski definition) is 18. The summed E-state index contributed by atoms with van der Waals surface area (Å²) in [7, 11) is -4.80. The number of esters is 2. The second kappa shape index (κ2) is 77.7. The minimum absolute atomic E-state index is 0.0117. The molecule has 49 nitrogen and oxygen atoms in total. The van der Waals surface area contributed by atoms with Gasteiger partial charge in [0.1, 0.15) is 59.0 Å². The fourth-order valence-corrected chi connectivity index (χ4v) is 16.3. The van der Waals surface area contributed by atoms with Gasteiger partial charge >= 0.3 is 49.7 Å². The summed E-state index contributed by atoms with van der Waals surface area (Å²) in [5.41, 5.74) is 0. The van der Waals surface area contributed by atoms with Crippen LogP contribution >= 0.6 is 19.6 Å². The second-order valence-electron chi connectivity index (χ2n) is 34.0. The van der Waals surface area contributed by atoms with E-state index in [1.807, 2.05) is 0 Å². The molecule has 0 spiro atoms. The monoisotopic (exact) mass is 2060 g/mol. The molecule has 802 valence electrons. The van der Waals surface area contributed by atoms with E-state index < -0.39 is 276 Å². The van der Waals surface area contributed by atoms with Gasteiger partial charge in [-0.15, -0.1) is 0 Å². The number of fused-ring (bicyclic) bond motifs is 1. The molecule has 2 aliphatic rings. The Labute approximate surface area is 831 Å². The molecule has 0 saturated carbocycles. The first-order valence-corrected chi connectivity index (χ1v) is 51.3. The summed E-state index contributed by atoms with van der Waals surface area (Å²) in [6.07, 6.45) is 38.3. The molecule has 0 aromatic carbocycles. The SMILES string of the molecule is CCCCCCCC/C=C/CCCCCCCC(=O)OCC(COP(=O)(O)OCCNC(=O)CCCCC(=O)NCC(=O)NCC(=O)N(CC(=O)O)CC(=O)NCC(=O)NCC(=O)N(CC(=O)O)CC(=O)NCCNC(=O)CN(CC(=O)O)C(=O)CNC(=O)CNC(=O)CN(CC(=O)O)C(=O)CNC(=O)CNC(=O)CCCC[C@@H]1SC[C@@H]2NC(=O)N[C@@H]21)OC(=O)CCCCCCC/C=C/CCCCCCCC. The number of aliphatic carboxylic acids is 4. The number of phosphoric ester groups is 1. The van der Waals surface area contributed by atoms with Gasteiger partial charge in [0, 0.05) is 62.7 Å². The fraction of sp³-hybridized carbons (Fsp3) is 0.714. The number of rotatable bonds is 85. The highest BCUT2D eigenvalue weighted by molar-refractivity contribution is 8.00. The van der Waals surface area contributed by atoms with E-state index in [2.05, 4.69) is 107 Å². The molecule has 2 aliphatic heterocycles. The Morgan fingerprint density at radius 1 is 0.359 bits per heavy atom. The normalized spacial score (nSPS) is 14.0. The Morgan fingerprint density at radius 2 is 0.669 bits per heavy atom. The molecule has 0 aromatic heterocycles.